The van der Waals surface area contributed by atoms with E-state index in [1.807, 2.05) is 30.9 Å². The lowest BCUT2D eigenvalue weighted by Crippen LogP contribution is -2.34. The molecule has 3 aromatic heterocycles. The minimum absolute atomic E-state index is 0.394. The summed E-state index contributed by atoms with van der Waals surface area (Å²) in [5, 5.41) is 7.45. The summed E-state index contributed by atoms with van der Waals surface area (Å²) in [6.07, 6.45) is 7.58. The zero-order valence-electron chi connectivity index (χ0n) is 15.7. The molecule has 27 heavy (non-hydrogen) atoms. The number of rotatable bonds is 5. The number of anilines is 2. The molecule has 0 unspecified atom stereocenters. The van der Waals surface area contributed by atoms with Gasteiger partial charge in [0.1, 0.15) is 11.6 Å². The van der Waals surface area contributed by atoms with Crippen LogP contribution < -0.4 is 5.32 Å². The molecular formula is C19H24N8. The summed E-state index contributed by atoms with van der Waals surface area (Å²) >= 11 is 0. The van der Waals surface area contributed by atoms with Crippen molar-refractivity contribution < 1.29 is 0 Å². The second-order valence-corrected chi connectivity index (χ2v) is 6.94. The number of nitrogens with one attached hydrogen (secondary N) is 1. The van der Waals surface area contributed by atoms with Crippen molar-refractivity contribution in [1.29, 1.82) is 0 Å². The minimum Gasteiger partial charge on any atom is -0.309 e. The molecule has 4 heterocycles. The Balaban J connectivity index is 1.49. The number of nitrogens with zero attached hydrogens (tertiary/aromatic N) is 7. The molecule has 0 aliphatic carbocycles. The molecule has 0 amide bonds. The van der Waals surface area contributed by atoms with Gasteiger partial charge in [-0.15, -0.1) is 0 Å². The zero-order valence-corrected chi connectivity index (χ0v) is 15.7. The largest absolute Gasteiger partial charge is 0.309 e. The lowest BCUT2D eigenvalue weighted by molar-refractivity contribution is 0.194. The van der Waals surface area contributed by atoms with Crippen molar-refractivity contribution >= 4 is 11.8 Å². The molecule has 1 aliphatic heterocycles. The average Bonchev–Trinajstić information content (AvgIpc) is 3.07. The Morgan fingerprint density at radius 2 is 2.04 bits per heavy atom. The molecule has 1 fully saturated rings. The van der Waals surface area contributed by atoms with Crippen LogP contribution in [0, 0.1) is 6.92 Å². The van der Waals surface area contributed by atoms with E-state index in [-0.39, 0.29) is 0 Å². The van der Waals surface area contributed by atoms with Crippen molar-refractivity contribution in [3.63, 3.8) is 0 Å². The predicted octanol–water partition coefficient (Wildman–Crippen LogP) is 2.43. The predicted molar refractivity (Wildman–Crippen MR) is 103 cm³/mol. The number of hydrogen-bond acceptors (Lipinski definition) is 7. The molecule has 140 valence electrons. The van der Waals surface area contributed by atoms with Crippen LogP contribution in [0.5, 0.6) is 0 Å². The van der Waals surface area contributed by atoms with Gasteiger partial charge in [-0.25, -0.2) is 19.9 Å². The number of likely N-dealkylation sites (tertiary alicyclic amines) is 1. The van der Waals surface area contributed by atoms with Gasteiger partial charge in [0.25, 0.3) is 0 Å². The van der Waals surface area contributed by atoms with Crippen LogP contribution in [0.3, 0.4) is 0 Å². The van der Waals surface area contributed by atoms with E-state index in [2.05, 4.69) is 36.3 Å². The molecule has 1 saturated heterocycles. The van der Waals surface area contributed by atoms with E-state index >= 15 is 0 Å². The third-order valence-electron chi connectivity index (χ3n) is 4.90. The van der Waals surface area contributed by atoms with Gasteiger partial charge in [-0.05, 0) is 38.4 Å². The van der Waals surface area contributed by atoms with Crippen molar-refractivity contribution in [2.45, 2.75) is 32.2 Å². The van der Waals surface area contributed by atoms with Crippen molar-refractivity contribution in [3.8, 4) is 0 Å². The van der Waals surface area contributed by atoms with Gasteiger partial charge in [0, 0.05) is 50.7 Å². The van der Waals surface area contributed by atoms with Crippen LogP contribution in [0.25, 0.3) is 0 Å². The molecule has 3 aromatic rings. The first kappa shape index (κ1) is 17.5. The van der Waals surface area contributed by atoms with E-state index in [1.54, 1.807) is 18.5 Å². The Kier molecular flexibility index (Phi) is 5.06. The SMILES string of the molecule is Cc1nc(Nc2ncccn2)cc([C@H]2CCCN(Cc3ccnn3C)C2)n1. The van der Waals surface area contributed by atoms with Crippen molar-refractivity contribution in [3.05, 3.63) is 54.0 Å². The molecule has 0 aromatic carbocycles. The van der Waals surface area contributed by atoms with Crippen LogP contribution in [0.15, 0.2) is 36.8 Å². The third-order valence-corrected chi connectivity index (χ3v) is 4.90. The Bertz CT molecular complexity index is 892. The topological polar surface area (TPSA) is 84.7 Å². The summed E-state index contributed by atoms with van der Waals surface area (Å²) in [6.45, 7) is 4.94. The molecule has 0 spiro atoms. The Morgan fingerprint density at radius 1 is 1.19 bits per heavy atom. The summed E-state index contributed by atoms with van der Waals surface area (Å²) in [7, 11) is 1.99. The van der Waals surface area contributed by atoms with Crippen LogP contribution in [0.2, 0.25) is 0 Å². The quantitative estimate of drug-likeness (QED) is 0.744. The van der Waals surface area contributed by atoms with Crippen molar-refractivity contribution in [2.24, 2.45) is 7.05 Å². The average molecular weight is 364 g/mol. The molecule has 8 heteroatoms. The lowest BCUT2D eigenvalue weighted by atomic mass is 9.94. The minimum atomic E-state index is 0.394. The van der Waals surface area contributed by atoms with Crippen LogP contribution in [0.1, 0.15) is 36.0 Å². The maximum Gasteiger partial charge on any atom is 0.228 e. The van der Waals surface area contributed by atoms with Gasteiger partial charge >= 0.3 is 0 Å². The van der Waals surface area contributed by atoms with Crippen molar-refractivity contribution in [2.75, 3.05) is 18.4 Å². The first-order valence-electron chi connectivity index (χ1n) is 9.26. The van der Waals surface area contributed by atoms with Gasteiger partial charge in [-0.1, -0.05) is 0 Å². The van der Waals surface area contributed by atoms with Gasteiger partial charge in [-0.3, -0.25) is 9.58 Å². The Hall–Kier alpha value is -2.87. The highest BCUT2D eigenvalue weighted by Crippen LogP contribution is 2.28. The lowest BCUT2D eigenvalue weighted by Gasteiger charge is -2.32. The highest BCUT2D eigenvalue weighted by atomic mass is 15.3. The van der Waals surface area contributed by atoms with E-state index in [4.69, 9.17) is 4.98 Å². The molecular weight excluding hydrogens is 340 g/mol. The van der Waals surface area contributed by atoms with Crippen LogP contribution in [-0.4, -0.2) is 47.7 Å². The summed E-state index contributed by atoms with van der Waals surface area (Å²) in [5.74, 6) is 2.44. The van der Waals surface area contributed by atoms with Crippen molar-refractivity contribution in [1.82, 2.24) is 34.6 Å². The second-order valence-electron chi connectivity index (χ2n) is 6.94. The summed E-state index contributed by atoms with van der Waals surface area (Å²) in [6, 6.07) is 5.91. The maximum absolute atomic E-state index is 4.71. The van der Waals surface area contributed by atoms with Crippen LogP contribution in [0.4, 0.5) is 11.8 Å². The molecule has 0 radical (unpaired) electrons. The Morgan fingerprint density at radius 3 is 2.81 bits per heavy atom. The molecule has 0 saturated carbocycles. The zero-order chi connectivity index (χ0) is 18.6. The Labute approximate surface area is 158 Å². The molecule has 8 nitrogen and oxygen atoms in total. The monoisotopic (exact) mass is 364 g/mol. The van der Waals surface area contributed by atoms with Gasteiger partial charge in [0.15, 0.2) is 0 Å². The highest BCUT2D eigenvalue weighted by molar-refractivity contribution is 5.48. The molecule has 0 bridgehead atoms. The summed E-state index contributed by atoms with van der Waals surface area (Å²) in [5.41, 5.74) is 2.31. The second kappa shape index (κ2) is 7.79. The van der Waals surface area contributed by atoms with E-state index in [0.717, 1.165) is 49.8 Å². The number of hydrogen-bond donors (Lipinski definition) is 1. The van der Waals surface area contributed by atoms with Gasteiger partial charge in [0.2, 0.25) is 5.95 Å². The molecule has 1 atom stereocenters. The fourth-order valence-electron chi connectivity index (χ4n) is 3.57. The number of piperidine rings is 1. The van der Waals surface area contributed by atoms with E-state index in [1.165, 1.54) is 5.69 Å². The standard InChI is InChI=1S/C19H24N8/c1-14-23-17(11-18(24-14)25-19-20-7-4-8-21-19)15-5-3-10-27(12-15)13-16-6-9-22-26(16)2/h4,6-9,11,15H,3,5,10,12-13H2,1-2H3,(H,20,21,23,24,25)/t15-/m0/s1. The number of aromatic nitrogens is 6. The van der Waals surface area contributed by atoms with E-state index < -0.39 is 0 Å². The highest BCUT2D eigenvalue weighted by Gasteiger charge is 2.24. The fourth-order valence-corrected chi connectivity index (χ4v) is 3.57. The summed E-state index contributed by atoms with van der Waals surface area (Å²) < 4.78 is 1.94. The first-order chi connectivity index (χ1) is 13.2. The number of aryl methyl sites for hydroxylation is 2. The first-order valence-corrected chi connectivity index (χ1v) is 9.26. The normalized spacial score (nSPS) is 17.8. The molecule has 1 N–H and O–H groups in total. The van der Waals surface area contributed by atoms with Gasteiger partial charge in [0.05, 0.1) is 11.4 Å². The van der Waals surface area contributed by atoms with E-state index in [9.17, 15) is 0 Å². The molecule has 1 aliphatic rings. The van der Waals surface area contributed by atoms with Gasteiger partial charge < -0.3 is 5.32 Å². The van der Waals surface area contributed by atoms with E-state index in [0.29, 0.717) is 11.9 Å². The van der Waals surface area contributed by atoms with Crippen LogP contribution >= 0.6 is 0 Å². The van der Waals surface area contributed by atoms with Crippen LogP contribution in [-0.2, 0) is 13.6 Å². The smallest absolute Gasteiger partial charge is 0.228 e. The van der Waals surface area contributed by atoms with Gasteiger partial charge in [-0.2, -0.15) is 5.10 Å². The summed E-state index contributed by atoms with van der Waals surface area (Å²) in [4.78, 5) is 20.1. The maximum atomic E-state index is 4.71. The third kappa shape index (κ3) is 4.28. The molecule has 4 rings (SSSR count). The fraction of sp³-hybridized carbons (Fsp3) is 0.421.